The Hall–Kier alpha value is -5.15. The van der Waals surface area contributed by atoms with Gasteiger partial charge in [-0.3, -0.25) is 4.98 Å². The van der Waals surface area contributed by atoms with Gasteiger partial charge in [-0.25, -0.2) is 4.68 Å². The van der Waals surface area contributed by atoms with E-state index in [0.29, 0.717) is 28.2 Å². The van der Waals surface area contributed by atoms with Crippen molar-refractivity contribution in [2.24, 2.45) is 11.3 Å². The Morgan fingerprint density at radius 2 is 1.76 bits per heavy atom. The molecule has 0 radical (unpaired) electrons. The molecule has 2 saturated carbocycles. The molecule has 1 atom stereocenters. The fourth-order valence-electron chi connectivity index (χ4n) is 5.92. The monoisotopic (exact) mass is 609 g/mol. The molecular formula is C33H30F3N9. The van der Waals surface area contributed by atoms with Gasteiger partial charge < -0.3 is 10.6 Å². The predicted octanol–water partition coefficient (Wildman–Crippen LogP) is 6.85. The summed E-state index contributed by atoms with van der Waals surface area (Å²) >= 11 is 0. The van der Waals surface area contributed by atoms with Gasteiger partial charge in [-0.1, -0.05) is 17.3 Å². The fraction of sp³-hybridized carbons (Fsp3) is 0.394. The molecule has 2 fully saturated rings. The molecule has 6 rings (SSSR count). The lowest BCUT2D eigenvalue weighted by molar-refractivity contribution is -0.206. The van der Waals surface area contributed by atoms with Crippen LogP contribution in [0.2, 0.25) is 0 Å². The van der Waals surface area contributed by atoms with Gasteiger partial charge in [-0.05, 0) is 81.7 Å². The maximum absolute atomic E-state index is 13.7. The van der Waals surface area contributed by atoms with E-state index in [0.717, 1.165) is 37.8 Å². The van der Waals surface area contributed by atoms with Crippen LogP contribution in [-0.4, -0.2) is 32.7 Å². The molecule has 2 aliphatic rings. The smallest absolute Gasteiger partial charge is 0.382 e. The lowest BCUT2D eigenvalue weighted by Gasteiger charge is -2.28. The number of nitrogens with one attached hydrogen (secondary N) is 2. The van der Waals surface area contributed by atoms with Crippen LogP contribution < -0.4 is 10.6 Å². The van der Waals surface area contributed by atoms with E-state index in [2.05, 4.69) is 38.1 Å². The van der Waals surface area contributed by atoms with Crippen LogP contribution >= 0.6 is 0 Å². The average Bonchev–Trinajstić information content (AvgIpc) is 3.95. The molecule has 0 aliphatic heterocycles. The van der Waals surface area contributed by atoms with Crippen molar-refractivity contribution in [3.05, 3.63) is 76.2 Å². The van der Waals surface area contributed by atoms with Crippen LogP contribution in [0.25, 0.3) is 10.9 Å². The second-order valence-electron chi connectivity index (χ2n) is 12.6. The molecule has 0 saturated heterocycles. The third kappa shape index (κ3) is 5.29. The van der Waals surface area contributed by atoms with E-state index in [1.165, 1.54) is 19.0 Å². The topological polar surface area (TPSA) is 139 Å². The minimum atomic E-state index is -4.49. The third-order valence-electron chi connectivity index (χ3n) is 9.17. The van der Waals surface area contributed by atoms with Crippen LogP contribution in [0.3, 0.4) is 0 Å². The second kappa shape index (κ2) is 10.8. The lowest BCUT2D eigenvalue weighted by atomic mass is 9.92. The molecule has 2 aromatic heterocycles. The Labute approximate surface area is 258 Å². The minimum absolute atomic E-state index is 0.000398. The number of aromatic nitrogens is 4. The van der Waals surface area contributed by atoms with Crippen molar-refractivity contribution < 1.29 is 13.2 Å². The molecule has 45 heavy (non-hydrogen) atoms. The molecule has 0 bridgehead atoms. The molecule has 0 spiro atoms. The van der Waals surface area contributed by atoms with Gasteiger partial charge in [-0.15, -0.1) is 5.10 Å². The number of halogens is 3. The maximum atomic E-state index is 13.7. The Balaban J connectivity index is 1.46. The number of rotatable bonds is 9. The van der Waals surface area contributed by atoms with Gasteiger partial charge in [0.25, 0.3) is 0 Å². The van der Waals surface area contributed by atoms with Gasteiger partial charge in [0.05, 0.1) is 57.2 Å². The highest BCUT2D eigenvalue weighted by Crippen LogP contribution is 2.59. The van der Waals surface area contributed by atoms with E-state index in [1.807, 2.05) is 29.9 Å². The lowest BCUT2D eigenvalue weighted by Crippen LogP contribution is -2.38. The van der Waals surface area contributed by atoms with Gasteiger partial charge in [0.1, 0.15) is 17.8 Å². The summed E-state index contributed by atoms with van der Waals surface area (Å²) in [6.45, 7) is 3.51. The highest BCUT2D eigenvalue weighted by atomic mass is 19.4. The molecule has 12 heteroatoms. The van der Waals surface area contributed by atoms with Crippen molar-refractivity contribution in [1.82, 2.24) is 20.0 Å². The molecule has 2 aliphatic carbocycles. The number of anilines is 2. The number of pyridine rings is 1. The molecule has 4 aromatic rings. The number of nitriles is 3. The largest absolute Gasteiger partial charge is 0.395 e. The summed E-state index contributed by atoms with van der Waals surface area (Å²) in [5.41, 5.74) is 1.65. The van der Waals surface area contributed by atoms with Gasteiger partial charge >= 0.3 is 6.18 Å². The number of benzene rings is 2. The molecule has 0 amide bonds. The zero-order chi connectivity index (χ0) is 32.1. The summed E-state index contributed by atoms with van der Waals surface area (Å²) in [6, 6.07) is 14.5. The SMILES string of the molecule is Cc1c(C#N)cccc1C(Nc1cc(C#N)c2ncc(C#N)c(NCC(C)(C)C(F)(F)F)c2c1)c1cn(C2(C3CC3)CC2)nn1. The van der Waals surface area contributed by atoms with E-state index in [9.17, 15) is 29.0 Å². The van der Waals surface area contributed by atoms with Crippen LogP contribution in [0.15, 0.2) is 42.7 Å². The van der Waals surface area contributed by atoms with Crippen molar-refractivity contribution in [3.8, 4) is 18.2 Å². The quantitative estimate of drug-likeness (QED) is 0.210. The summed E-state index contributed by atoms with van der Waals surface area (Å²) in [5.74, 6) is 0.593. The van der Waals surface area contributed by atoms with Crippen molar-refractivity contribution >= 4 is 22.3 Å². The van der Waals surface area contributed by atoms with Crippen LogP contribution in [0, 0.1) is 52.2 Å². The summed E-state index contributed by atoms with van der Waals surface area (Å²) < 4.78 is 43.0. The number of fused-ring (bicyclic) bond motifs is 1. The first-order valence-electron chi connectivity index (χ1n) is 14.7. The van der Waals surface area contributed by atoms with Gasteiger partial charge in [0.15, 0.2) is 0 Å². The number of hydrogen-bond donors (Lipinski definition) is 2. The summed E-state index contributed by atoms with van der Waals surface area (Å²) in [6.07, 6.45) is 3.14. The molecule has 9 nitrogen and oxygen atoms in total. The van der Waals surface area contributed by atoms with Crippen molar-refractivity contribution in [2.45, 2.75) is 64.2 Å². The van der Waals surface area contributed by atoms with Gasteiger partial charge in [-0.2, -0.15) is 29.0 Å². The summed E-state index contributed by atoms with van der Waals surface area (Å²) in [4.78, 5) is 4.31. The number of hydrogen-bond acceptors (Lipinski definition) is 8. The van der Waals surface area contributed by atoms with E-state index in [1.54, 1.807) is 24.3 Å². The zero-order valence-electron chi connectivity index (χ0n) is 25.0. The van der Waals surface area contributed by atoms with Crippen LogP contribution in [0.4, 0.5) is 24.5 Å². The van der Waals surface area contributed by atoms with Crippen LogP contribution in [-0.2, 0) is 5.54 Å². The molecular weight excluding hydrogens is 579 g/mol. The first-order valence-corrected chi connectivity index (χ1v) is 14.7. The van der Waals surface area contributed by atoms with Crippen molar-refractivity contribution in [2.75, 3.05) is 17.2 Å². The molecule has 2 aromatic carbocycles. The fourth-order valence-corrected chi connectivity index (χ4v) is 5.92. The van der Waals surface area contributed by atoms with Crippen molar-refractivity contribution in [3.63, 3.8) is 0 Å². The Morgan fingerprint density at radius 3 is 2.38 bits per heavy atom. The maximum Gasteiger partial charge on any atom is 0.395 e. The van der Waals surface area contributed by atoms with E-state index < -0.39 is 24.2 Å². The zero-order valence-corrected chi connectivity index (χ0v) is 25.0. The van der Waals surface area contributed by atoms with Crippen LogP contribution in [0.1, 0.15) is 79.1 Å². The second-order valence-corrected chi connectivity index (χ2v) is 12.6. The average molecular weight is 610 g/mol. The standard InChI is InChI=1S/C33H30F3N9/c1-19-20(13-37)5-4-6-25(19)30(27-17-45(44-43-27)32(9-10-32)23-7-8-23)42-24-11-21(14-38)28-26(12-24)29(22(15-39)16-40-28)41-18-31(2,3)33(34,35)36/h4-6,11-12,16-17,23,30,42H,7-10,18H2,1-3H3,(H,40,41). The number of alkyl halides is 3. The van der Waals surface area contributed by atoms with Crippen molar-refractivity contribution in [1.29, 1.82) is 15.8 Å². The van der Waals surface area contributed by atoms with E-state index >= 15 is 0 Å². The first-order chi connectivity index (χ1) is 21.4. The summed E-state index contributed by atoms with van der Waals surface area (Å²) in [5, 5.41) is 45.3. The Morgan fingerprint density at radius 1 is 1.04 bits per heavy atom. The minimum Gasteiger partial charge on any atom is -0.382 e. The molecule has 2 N–H and O–H groups in total. The third-order valence-corrected chi connectivity index (χ3v) is 9.17. The van der Waals surface area contributed by atoms with Gasteiger partial charge in [0.2, 0.25) is 0 Å². The van der Waals surface area contributed by atoms with Gasteiger partial charge in [0, 0.05) is 23.8 Å². The number of nitrogens with zero attached hydrogens (tertiary/aromatic N) is 7. The molecule has 2 heterocycles. The summed E-state index contributed by atoms with van der Waals surface area (Å²) in [7, 11) is 0. The Bertz CT molecular complexity index is 1930. The van der Waals surface area contributed by atoms with E-state index in [-0.39, 0.29) is 27.9 Å². The Kier molecular flexibility index (Phi) is 7.16. The highest BCUT2D eigenvalue weighted by molar-refractivity contribution is 5.99. The highest BCUT2D eigenvalue weighted by Gasteiger charge is 2.56. The molecule has 228 valence electrons. The van der Waals surface area contributed by atoms with E-state index in [4.69, 9.17) is 0 Å². The molecule has 1 unspecified atom stereocenters. The van der Waals surface area contributed by atoms with Crippen LogP contribution in [0.5, 0.6) is 0 Å². The first kappa shape index (κ1) is 29.9. The predicted molar refractivity (Wildman–Crippen MR) is 161 cm³/mol. The normalized spacial score (nSPS) is 16.3.